The van der Waals surface area contributed by atoms with Crippen molar-refractivity contribution < 1.29 is 34.4 Å². The number of rotatable bonds is 7. The van der Waals surface area contributed by atoms with Gasteiger partial charge in [-0.1, -0.05) is 42.1 Å². The van der Waals surface area contributed by atoms with Crippen LogP contribution in [0.2, 0.25) is 0 Å². The summed E-state index contributed by atoms with van der Waals surface area (Å²) in [6.07, 6.45) is 0.384. The van der Waals surface area contributed by atoms with Crippen LogP contribution in [0.1, 0.15) is 28.7 Å². The smallest absolute Gasteiger partial charge is 0.333 e. The van der Waals surface area contributed by atoms with Crippen molar-refractivity contribution in [1.82, 2.24) is 4.73 Å². The van der Waals surface area contributed by atoms with E-state index in [1.54, 1.807) is 14.2 Å². The van der Waals surface area contributed by atoms with E-state index in [9.17, 15) is 20.1 Å². The van der Waals surface area contributed by atoms with E-state index in [1.807, 2.05) is 60.7 Å². The highest BCUT2D eigenvalue weighted by Gasteiger charge is 2.41. The highest BCUT2D eigenvalue weighted by Crippen LogP contribution is 2.52. The largest absolute Gasteiger partial charge is 0.497 e. The quantitative estimate of drug-likeness (QED) is 0.332. The molecule has 1 atom stereocenters. The molecule has 0 aliphatic carbocycles. The highest BCUT2D eigenvalue weighted by atomic mass is 32.2. The van der Waals surface area contributed by atoms with Crippen LogP contribution >= 0.6 is 11.8 Å². The lowest BCUT2D eigenvalue weighted by molar-refractivity contribution is -0.145. The van der Waals surface area contributed by atoms with Gasteiger partial charge in [0.2, 0.25) is 11.8 Å². The molecule has 3 N–H and O–H groups in total. The number of ether oxygens (including phenoxy) is 2. The lowest BCUT2D eigenvalue weighted by atomic mass is 9.79. The Morgan fingerprint density at radius 1 is 0.838 bits per heavy atom. The third-order valence-electron chi connectivity index (χ3n) is 6.35. The van der Waals surface area contributed by atoms with E-state index < -0.39 is 11.6 Å². The fourth-order valence-electron chi connectivity index (χ4n) is 4.41. The first-order chi connectivity index (χ1) is 17.8. The topological polar surface area (TPSA) is 110 Å². The molecule has 1 unspecified atom stereocenters. The van der Waals surface area contributed by atoms with Gasteiger partial charge in [0.25, 0.3) is 0 Å². The molecule has 1 aliphatic heterocycles. The number of aromatic nitrogens is 1. The average Bonchev–Trinajstić information content (AvgIpc) is 3.23. The Labute approximate surface area is 217 Å². The van der Waals surface area contributed by atoms with Gasteiger partial charge in [0.1, 0.15) is 17.1 Å². The van der Waals surface area contributed by atoms with Crippen molar-refractivity contribution in [3.63, 3.8) is 0 Å². The van der Waals surface area contributed by atoms with Gasteiger partial charge in [-0.15, -0.1) is 4.73 Å². The van der Waals surface area contributed by atoms with Gasteiger partial charge >= 0.3 is 5.97 Å². The van der Waals surface area contributed by atoms with Crippen LogP contribution in [0.25, 0.3) is 0 Å². The van der Waals surface area contributed by atoms with E-state index in [4.69, 9.17) is 14.3 Å². The van der Waals surface area contributed by atoms with Crippen molar-refractivity contribution in [2.24, 2.45) is 0 Å². The third kappa shape index (κ3) is 4.47. The second-order valence-corrected chi connectivity index (χ2v) is 9.62. The van der Waals surface area contributed by atoms with E-state index in [1.165, 1.54) is 23.9 Å². The number of aromatic hydroxyl groups is 2. The minimum absolute atomic E-state index is 0.0215. The van der Waals surface area contributed by atoms with E-state index in [2.05, 4.69) is 0 Å². The number of nitrogens with zero attached hydrogens (tertiary/aromatic N) is 1. The van der Waals surface area contributed by atoms with Crippen molar-refractivity contribution in [3.05, 3.63) is 95.1 Å². The second kappa shape index (κ2) is 9.76. The predicted molar refractivity (Wildman–Crippen MR) is 136 cm³/mol. The van der Waals surface area contributed by atoms with Crippen LogP contribution in [-0.4, -0.2) is 40.2 Å². The summed E-state index contributed by atoms with van der Waals surface area (Å²) < 4.78 is 11.4. The van der Waals surface area contributed by atoms with Crippen LogP contribution in [0, 0.1) is 0 Å². The summed E-state index contributed by atoms with van der Waals surface area (Å²) in [7, 11) is 3.20. The number of carbonyl (C=O) groups is 1. The average molecular weight is 520 g/mol. The fraction of sp³-hybridized carbons (Fsp3) is 0.179. The number of aliphatic hydroxyl groups is 1. The molecule has 0 saturated carbocycles. The summed E-state index contributed by atoms with van der Waals surface area (Å²) in [5, 5.41) is 31.6. The van der Waals surface area contributed by atoms with Gasteiger partial charge in [0.05, 0.1) is 20.6 Å². The van der Waals surface area contributed by atoms with Gasteiger partial charge in [0.15, 0.2) is 0 Å². The second-order valence-electron chi connectivity index (χ2n) is 8.54. The minimum atomic E-state index is -1.41. The Hall–Kier alpha value is -4.08. The lowest BCUT2D eigenvalue weighted by Crippen LogP contribution is -2.32. The van der Waals surface area contributed by atoms with Crippen molar-refractivity contribution in [3.8, 4) is 23.3 Å². The Balaban J connectivity index is 1.46. The summed E-state index contributed by atoms with van der Waals surface area (Å²) in [5.74, 6) is 0.0153. The third-order valence-corrected chi connectivity index (χ3v) is 7.47. The monoisotopic (exact) mass is 519 g/mol. The number of fused-ring (bicyclic) bond motifs is 2. The van der Waals surface area contributed by atoms with E-state index in [0.717, 1.165) is 26.5 Å². The lowest BCUT2D eigenvalue weighted by Gasteiger charge is -2.37. The van der Waals surface area contributed by atoms with E-state index in [-0.39, 0.29) is 18.2 Å². The van der Waals surface area contributed by atoms with E-state index >= 15 is 0 Å². The number of hydrogen-bond donors (Lipinski definition) is 3. The Kier molecular flexibility index (Phi) is 6.49. The highest BCUT2D eigenvalue weighted by molar-refractivity contribution is 7.99. The van der Waals surface area contributed by atoms with Gasteiger partial charge in [-0.2, -0.15) is 0 Å². The first-order valence-corrected chi connectivity index (χ1v) is 12.3. The van der Waals surface area contributed by atoms with Crippen molar-refractivity contribution in [2.75, 3.05) is 14.2 Å². The molecular weight excluding hydrogens is 494 g/mol. The van der Waals surface area contributed by atoms with Crippen molar-refractivity contribution in [2.45, 2.75) is 28.2 Å². The normalized spacial score (nSPS) is 16.0. The molecule has 1 aliphatic rings. The Bertz CT molecular complexity index is 1440. The zero-order valence-corrected chi connectivity index (χ0v) is 21.0. The van der Waals surface area contributed by atoms with Crippen molar-refractivity contribution in [1.29, 1.82) is 0 Å². The zero-order chi connectivity index (χ0) is 26.2. The summed E-state index contributed by atoms with van der Waals surface area (Å²) >= 11 is 1.52. The van der Waals surface area contributed by atoms with Crippen LogP contribution in [0.4, 0.5) is 0 Å². The van der Waals surface area contributed by atoms with Gasteiger partial charge in [0, 0.05) is 33.1 Å². The molecule has 0 bridgehead atoms. The molecule has 37 heavy (non-hydrogen) atoms. The zero-order valence-electron chi connectivity index (χ0n) is 20.2. The maximum absolute atomic E-state index is 12.3. The molecule has 1 aromatic heterocycles. The summed E-state index contributed by atoms with van der Waals surface area (Å²) in [5.41, 5.74) is 1.64. The summed E-state index contributed by atoms with van der Waals surface area (Å²) in [6.45, 7) is 0. The standard InChI is InChI=1S/C28H25NO7S/c1-34-19-7-5-18(6-8-19)28(33)21-10-3-17(4-14-27(32)36-29-25(30)12-13-26(29)31)15-23(21)37-24-16-20(35-2)9-11-22(24)28/h3,5-13,15-16,30-31,33H,4,14H2,1-2H3. The molecule has 190 valence electrons. The SMILES string of the molecule is COc1ccc(C2(O)c3ccc(CCC(=O)On4c(O)ccc4O)cc3Sc3cc(OC)ccc32)cc1. The summed E-state index contributed by atoms with van der Waals surface area (Å²) in [4.78, 5) is 19.1. The number of hydrogen-bond acceptors (Lipinski definition) is 8. The van der Waals surface area contributed by atoms with Gasteiger partial charge in [-0.25, -0.2) is 4.79 Å². The Morgan fingerprint density at radius 3 is 2.08 bits per heavy atom. The predicted octanol–water partition coefficient (Wildman–Crippen LogP) is 4.25. The van der Waals surface area contributed by atoms with Crippen LogP contribution in [0.15, 0.2) is 82.6 Å². The summed E-state index contributed by atoms with van der Waals surface area (Å²) in [6, 6.07) is 21.1. The molecule has 4 aromatic rings. The molecule has 0 amide bonds. The number of benzene rings is 3. The maximum Gasteiger partial charge on any atom is 0.333 e. The van der Waals surface area contributed by atoms with Crippen LogP contribution in [-0.2, 0) is 16.8 Å². The number of methoxy groups -OCH3 is 2. The molecule has 8 nitrogen and oxygen atoms in total. The molecule has 0 spiro atoms. The van der Waals surface area contributed by atoms with Gasteiger partial charge < -0.3 is 29.6 Å². The molecule has 0 fully saturated rings. The fourth-order valence-corrected chi connectivity index (χ4v) is 5.69. The number of aryl methyl sites for hydroxylation is 1. The molecule has 9 heteroatoms. The molecule has 0 saturated heterocycles. The van der Waals surface area contributed by atoms with Gasteiger partial charge in [-0.3, -0.25) is 0 Å². The van der Waals surface area contributed by atoms with Crippen LogP contribution < -0.4 is 14.3 Å². The maximum atomic E-state index is 12.3. The molecule has 2 heterocycles. The van der Waals surface area contributed by atoms with Crippen LogP contribution in [0.5, 0.6) is 23.3 Å². The van der Waals surface area contributed by atoms with Crippen molar-refractivity contribution >= 4 is 17.7 Å². The van der Waals surface area contributed by atoms with E-state index in [0.29, 0.717) is 28.2 Å². The first kappa shape index (κ1) is 24.6. The molecule has 3 aromatic carbocycles. The molecule has 5 rings (SSSR count). The Morgan fingerprint density at radius 2 is 1.43 bits per heavy atom. The van der Waals surface area contributed by atoms with Gasteiger partial charge in [-0.05, 0) is 47.9 Å². The van der Waals surface area contributed by atoms with Crippen LogP contribution in [0.3, 0.4) is 0 Å². The molecular formula is C28H25NO7S. The molecule has 0 radical (unpaired) electrons. The first-order valence-electron chi connectivity index (χ1n) is 11.5. The number of carbonyl (C=O) groups excluding carboxylic acids is 1. The minimum Gasteiger partial charge on any atom is -0.497 e.